The number of rotatable bonds is 20. The Morgan fingerprint density at radius 2 is 1.57 bits per heavy atom. The molecular weight excluding hydrogens is 969 g/mol. The third-order valence-corrected chi connectivity index (χ3v) is 13.7. The van der Waals surface area contributed by atoms with Gasteiger partial charge < -0.3 is 50.2 Å². The van der Waals surface area contributed by atoms with Gasteiger partial charge in [-0.3, -0.25) is 19.2 Å². The van der Waals surface area contributed by atoms with Gasteiger partial charge in [0, 0.05) is 38.0 Å². The normalized spacial score (nSPS) is 18.0. The highest BCUT2D eigenvalue weighted by atomic mass is 32.1. The Bertz CT molecular complexity index is 2960. The summed E-state index contributed by atoms with van der Waals surface area (Å²) in [5.74, 6) is -1.01. The van der Waals surface area contributed by atoms with Crippen LogP contribution in [0.25, 0.3) is 32.7 Å². The number of hydrogen-bond acceptors (Lipinski definition) is 16. The van der Waals surface area contributed by atoms with Crippen LogP contribution in [-0.4, -0.2) is 140 Å². The molecule has 4 amide bonds. The maximum atomic E-state index is 14.0. The maximum absolute atomic E-state index is 14.0. The summed E-state index contributed by atoms with van der Waals surface area (Å²) in [6.45, 7) is 10.8. The van der Waals surface area contributed by atoms with E-state index in [2.05, 4.69) is 32.2 Å². The lowest BCUT2D eigenvalue weighted by Gasteiger charge is -2.35. The lowest BCUT2D eigenvalue weighted by Crippen LogP contribution is -2.58. The number of carbonyl (C=O) groups excluding carboxylic acids is 5. The second-order valence-electron chi connectivity index (χ2n) is 19.1. The van der Waals surface area contributed by atoms with Crippen molar-refractivity contribution in [3.63, 3.8) is 0 Å². The molecule has 5 N–H and O–H groups in total. The molecular formula is C53H60N10O10S. The second kappa shape index (κ2) is 23.5. The lowest BCUT2D eigenvalue weighted by molar-refractivity contribution is -0.153. The largest absolute Gasteiger partial charge is 0.462 e. The van der Waals surface area contributed by atoms with Crippen molar-refractivity contribution in [2.24, 2.45) is 5.41 Å². The monoisotopic (exact) mass is 1030 g/mol. The number of nitrogens with one attached hydrogen (secondary N) is 2. The van der Waals surface area contributed by atoms with Gasteiger partial charge in [-0.1, -0.05) is 69.8 Å². The van der Waals surface area contributed by atoms with E-state index in [1.807, 2.05) is 85.8 Å². The fraction of sp³-hybridized carbons (Fsp3) is 0.377. The average Bonchev–Trinajstić information content (AvgIpc) is 4.21. The number of likely N-dealkylation sites (tertiary alicyclic amines) is 2. The van der Waals surface area contributed by atoms with Gasteiger partial charge in [-0.2, -0.15) is 5.10 Å². The number of aliphatic hydroxyl groups is 1. The number of amides is 4. The topological polar surface area (TPSA) is 256 Å². The molecule has 0 unspecified atom stereocenters. The van der Waals surface area contributed by atoms with E-state index in [4.69, 9.17) is 29.8 Å². The molecule has 6 aromatic rings. The molecule has 0 spiro atoms. The number of β-amino-alcohol motifs (C(OH)–C–C–N with tert-alkyl or cyclic N) is 1. The fourth-order valence-corrected chi connectivity index (χ4v) is 9.81. The minimum Gasteiger partial charge on any atom is -0.462 e. The molecule has 21 heteroatoms. The van der Waals surface area contributed by atoms with Gasteiger partial charge in [0.05, 0.1) is 53.4 Å². The van der Waals surface area contributed by atoms with Crippen molar-refractivity contribution >= 4 is 57.8 Å². The van der Waals surface area contributed by atoms with Crippen LogP contribution in [0.3, 0.4) is 0 Å². The molecule has 0 bridgehead atoms. The van der Waals surface area contributed by atoms with E-state index in [-0.39, 0.29) is 71.3 Å². The third-order valence-electron chi connectivity index (χ3n) is 12.8. The van der Waals surface area contributed by atoms with E-state index in [1.54, 1.807) is 42.3 Å². The Balaban J connectivity index is 0.785. The van der Waals surface area contributed by atoms with Crippen molar-refractivity contribution in [1.29, 1.82) is 0 Å². The average molecular weight is 1030 g/mol. The standard InChI is InChI=1S/C53H60N10O10S/c1-6-43(66)61-27-36(63-49-44(48(54)56-30-57-49)45(60-63)34-16-18-39(19-17-34)73-38-10-8-7-9-11-38)24-41(61)52(69)72-23-22-70-20-21-71-29-42(65)59-47(53(3,4)5)51(68)62-28-37(64)25-40(62)50(67)55-26-33-12-14-35(15-13-33)46-32(2)58-31-74-46/h6-19,30-31,36-37,40-41,47,64H,1,20-29H2,2-5H3,(H,55,67)(H,59,65)(H2,54,56,57)/t36-,37+,40-,41-,47+/m0/s1. The summed E-state index contributed by atoms with van der Waals surface area (Å²) in [7, 11) is 0. The summed E-state index contributed by atoms with van der Waals surface area (Å²) >= 11 is 1.56. The Morgan fingerprint density at radius 1 is 0.865 bits per heavy atom. The first-order valence-electron chi connectivity index (χ1n) is 24.2. The highest BCUT2D eigenvalue weighted by Gasteiger charge is 2.45. The number of nitrogens with zero attached hydrogens (tertiary/aromatic N) is 7. The second-order valence-corrected chi connectivity index (χ2v) is 19.9. The fourth-order valence-electron chi connectivity index (χ4n) is 9.00. The molecule has 5 heterocycles. The van der Waals surface area contributed by atoms with Crippen LogP contribution in [0.2, 0.25) is 0 Å². The van der Waals surface area contributed by atoms with Crippen LogP contribution in [0.4, 0.5) is 5.82 Å². The van der Waals surface area contributed by atoms with E-state index in [9.17, 15) is 29.1 Å². The first-order valence-corrected chi connectivity index (χ1v) is 25.1. The van der Waals surface area contributed by atoms with Crippen LogP contribution >= 0.6 is 11.3 Å². The molecule has 74 heavy (non-hydrogen) atoms. The lowest BCUT2D eigenvalue weighted by atomic mass is 9.85. The van der Waals surface area contributed by atoms with Crippen molar-refractivity contribution < 1.29 is 48.0 Å². The van der Waals surface area contributed by atoms with Gasteiger partial charge in [-0.05, 0) is 65.9 Å². The third kappa shape index (κ3) is 12.4. The number of thiazole rings is 1. The van der Waals surface area contributed by atoms with Gasteiger partial charge in [0.25, 0.3) is 0 Å². The van der Waals surface area contributed by atoms with Crippen LogP contribution < -0.4 is 21.1 Å². The summed E-state index contributed by atoms with van der Waals surface area (Å²) in [5, 5.41) is 21.7. The highest BCUT2D eigenvalue weighted by Crippen LogP contribution is 2.37. The van der Waals surface area contributed by atoms with Gasteiger partial charge >= 0.3 is 5.97 Å². The number of hydrogen-bond donors (Lipinski definition) is 4. The molecule has 5 atom stereocenters. The molecule has 3 aromatic heterocycles. The molecule has 0 saturated carbocycles. The Hall–Kier alpha value is -7.59. The number of esters is 1. The van der Waals surface area contributed by atoms with Crippen LogP contribution in [0.5, 0.6) is 11.5 Å². The van der Waals surface area contributed by atoms with Crippen LogP contribution in [0, 0.1) is 12.3 Å². The number of aryl methyl sites for hydroxylation is 1. The van der Waals surface area contributed by atoms with Crippen molar-refractivity contribution in [3.05, 3.63) is 115 Å². The van der Waals surface area contributed by atoms with E-state index in [1.165, 1.54) is 16.1 Å². The first kappa shape index (κ1) is 52.7. The quantitative estimate of drug-likeness (QED) is 0.0445. The summed E-state index contributed by atoms with van der Waals surface area (Å²) in [5.41, 5.74) is 12.0. The Morgan fingerprint density at radius 3 is 2.27 bits per heavy atom. The molecule has 0 aliphatic carbocycles. The molecule has 2 aliphatic heterocycles. The van der Waals surface area contributed by atoms with Gasteiger partial charge in [0.1, 0.15) is 60.7 Å². The Kier molecular flexibility index (Phi) is 16.8. The molecule has 3 aromatic carbocycles. The van der Waals surface area contributed by atoms with E-state index in [0.717, 1.165) is 33.3 Å². The van der Waals surface area contributed by atoms with Gasteiger partial charge in [0.15, 0.2) is 5.65 Å². The zero-order chi connectivity index (χ0) is 52.5. The summed E-state index contributed by atoms with van der Waals surface area (Å²) < 4.78 is 24.4. The number of nitrogens with two attached hydrogens (primary N) is 1. The van der Waals surface area contributed by atoms with Gasteiger partial charge in [0.2, 0.25) is 23.6 Å². The predicted octanol–water partition coefficient (Wildman–Crippen LogP) is 5.01. The summed E-state index contributed by atoms with van der Waals surface area (Å²) in [4.78, 5) is 84.1. The number of benzene rings is 3. The minimum atomic E-state index is -1.03. The number of nitrogen functional groups attached to an aromatic ring is 1. The molecule has 2 aliphatic rings. The number of carbonyl (C=O) groups is 5. The summed E-state index contributed by atoms with van der Waals surface area (Å²) in [6.07, 6.45) is 1.79. The predicted molar refractivity (Wildman–Crippen MR) is 275 cm³/mol. The Labute approximate surface area is 431 Å². The number of anilines is 1. The number of para-hydroxylation sites is 1. The molecule has 2 saturated heterocycles. The van der Waals surface area contributed by atoms with Crippen LogP contribution in [0.1, 0.15) is 50.9 Å². The number of fused-ring (bicyclic) bond motifs is 1. The van der Waals surface area contributed by atoms with E-state index in [0.29, 0.717) is 28.2 Å². The molecule has 8 rings (SSSR count). The minimum absolute atomic E-state index is 0.00190. The van der Waals surface area contributed by atoms with Crippen LogP contribution in [0.15, 0.2) is 103 Å². The molecule has 0 radical (unpaired) electrons. The van der Waals surface area contributed by atoms with Gasteiger partial charge in [-0.25, -0.2) is 24.4 Å². The van der Waals surface area contributed by atoms with Crippen molar-refractivity contribution in [2.45, 2.75) is 77.4 Å². The number of aliphatic hydroxyl groups excluding tert-OH is 1. The first-order chi connectivity index (χ1) is 35.6. The maximum Gasteiger partial charge on any atom is 0.329 e. The molecule has 20 nitrogen and oxygen atoms in total. The molecule has 2 fully saturated rings. The smallest absolute Gasteiger partial charge is 0.329 e. The van der Waals surface area contributed by atoms with Crippen molar-refractivity contribution in [3.8, 4) is 33.2 Å². The van der Waals surface area contributed by atoms with Crippen molar-refractivity contribution in [2.75, 3.05) is 51.9 Å². The van der Waals surface area contributed by atoms with Crippen molar-refractivity contribution in [1.82, 2.24) is 45.2 Å². The SMILES string of the molecule is C=CC(=O)N1C[C@@H](n2nc(-c3ccc(Oc4ccccc4)cc3)c3c(N)ncnc32)C[C@H]1C(=O)OCCOCCOCC(=O)N[C@H](C(=O)N1C[C@H](O)C[C@H]1C(=O)NCc1ccc(-c2scnc2C)cc1)C(C)(C)C. The number of aromatic nitrogens is 5. The molecule has 388 valence electrons. The zero-order valence-electron chi connectivity index (χ0n) is 41.6. The highest BCUT2D eigenvalue weighted by molar-refractivity contribution is 7.13. The summed E-state index contributed by atoms with van der Waals surface area (Å²) in [6, 6.07) is 21.1. The van der Waals surface area contributed by atoms with Gasteiger partial charge in [-0.15, -0.1) is 11.3 Å². The van der Waals surface area contributed by atoms with Crippen LogP contribution in [-0.2, 0) is 44.7 Å². The van der Waals surface area contributed by atoms with E-state index >= 15 is 0 Å². The zero-order valence-corrected chi connectivity index (χ0v) is 42.5. The number of ether oxygens (including phenoxy) is 4. The van der Waals surface area contributed by atoms with E-state index < -0.39 is 65.3 Å².